The monoisotopic (exact) mass is 234 g/mol. The zero-order valence-electron chi connectivity index (χ0n) is 10.0. The zero-order valence-corrected chi connectivity index (χ0v) is 10.0. The summed E-state index contributed by atoms with van der Waals surface area (Å²) in [6.45, 7) is 1.92. The van der Waals surface area contributed by atoms with E-state index in [9.17, 15) is 4.79 Å². The Kier molecular flexibility index (Phi) is 3.04. The highest BCUT2D eigenvalue weighted by atomic mass is 16.5. The number of rotatable bonds is 3. The van der Waals surface area contributed by atoms with Gasteiger partial charge in [-0.3, -0.25) is 4.79 Å². The standard InChI is InChI=1S/C13H14O4/c1-8-4-5-10-9(7-14)6-11(15-2)13(16-3)12(10)17-8/h4-8H,1-3H3. The molecule has 0 radical (unpaired) electrons. The molecule has 1 aromatic rings. The van der Waals surface area contributed by atoms with Gasteiger partial charge in [-0.25, -0.2) is 0 Å². The van der Waals surface area contributed by atoms with Crippen molar-refractivity contribution in [3.63, 3.8) is 0 Å². The fourth-order valence-electron chi connectivity index (χ4n) is 1.84. The minimum atomic E-state index is -0.0528. The maximum atomic E-state index is 11.0. The Labute approximate surface area is 99.8 Å². The van der Waals surface area contributed by atoms with E-state index in [4.69, 9.17) is 14.2 Å². The summed E-state index contributed by atoms with van der Waals surface area (Å²) in [5.41, 5.74) is 1.26. The molecule has 1 aromatic carbocycles. The van der Waals surface area contributed by atoms with Crippen molar-refractivity contribution >= 4 is 12.4 Å². The molecule has 0 amide bonds. The number of carbonyl (C=O) groups excluding carboxylic acids is 1. The van der Waals surface area contributed by atoms with Crippen molar-refractivity contribution in [2.75, 3.05) is 14.2 Å². The average molecular weight is 234 g/mol. The van der Waals surface area contributed by atoms with E-state index in [2.05, 4.69) is 0 Å². The molecule has 0 saturated heterocycles. The number of fused-ring (bicyclic) bond motifs is 1. The predicted octanol–water partition coefficient (Wildman–Crippen LogP) is 2.31. The first-order valence-corrected chi connectivity index (χ1v) is 5.30. The van der Waals surface area contributed by atoms with Gasteiger partial charge in [-0.2, -0.15) is 0 Å². The largest absolute Gasteiger partial charge is 0.493 e. The van der Waals surface area contributed by atoms with E-state index in [1.165, 1.54) is 7.11 Å². The first-order valence-electron chi connectivity index (χ1n) is 5.30. The normalized spacial score (nSPS) is 17.0. The van der Waals surface area contributed by atoms with Crippen LogP contribution in [0.1, 0.15) is 22.8 Å². The summed E-state index contributed by atoms with van der Waals surface area (Å²) in [5, 5.41) is 0. The molecule has 0 bridgehead atoms. The van der Waals surface area contributed by atoms with E-state index in [1.807, 2.05) is 19.1 Å². The van der Waals surface area contributed by atoms with Gasteiger partial charge < -0.3 is 14.2 Å². The summed E-state index contributed by atoms with van der Waals surface area (Å²) < 4.78 is 16.2. The maximum absolute atomic E-state index is 11.0. The van der Waals surface area contributed by atoms with Crippen LogP contribution in [0.15, 0.2) is 12.1 Å². The van der Waals surface area contributed by atoms with Gasteiger partial charge in [-0.05, 0) is 19.1 Å². The van der Waals surface area contributed by atoms with E-state index in [-0.39, 0.29) is 6.10 Å². The van der Waals surface area contributed by atoms with Crippen LogP contribution in [0.5, 0.6) is 17.2 Å². The van der Waals surface area contributed by atoms with Gasteiger partial charge in [0, 0.05) is 11.1 Å². The molecule has 0 saturated carbocycles. The molecule has 4 heteroatoms. The van der Waals surface area contributed by atoms with Crippen LogP contribution in [0.3, 0.4) is 0 Å². The van der Waals surface area contributed by atoms with Crippen LogP contribution >= 0.6 is 0 Å². The van der Waals surface area contributed by atoms with E-state index < -0.39 is 0 Å². The summed E-state index contributed by atoms with van der Waals surface area (Å²) in [4.78, 5) is 11.0. The molecule has 1 aliphatic rings. The maximum Gasteiger partial charge on any atom is 0.203 e. The Morgan fingerprint density at radius 3 is 2.71 bits per heavy atom. The SMILES string of the molecule is COc1cc(C=O)c2c(c1OC)OC(C)C=C2. The molecular weight excluding hydrogens is 220 g/mol. The van der Waals surface area contributed by atoms with Crippen molar-refractivity contribution in [3.8, 4) is 17.2 Å². The lowest BCUT2D eigenvalue weighted by atomic mass is 10.0. The second-order valence-electron chi connectivity index (χ2n) is 3.74. The van der Waals surface area contributed by atoms with Gasteiger partial charge >= 0.3 is 0 Å². The lowest BCUT2D eigenvalue weighted by Gasteiger charge is -2.23. The van der Waals surface area contributed by atoms with Crippen LogP contribution in [0, 0.1) is 0 Å². The molecule has 90 valence electrons. The van der Waals surface area contributed by atoms with Gasteiger partial charge in [0.25, 0.3) is 0 Å². The molecule has 1 unspecified atom stereocenters. The van der Waals surface area contributed by atoms with Gasteiger partial charge in [0.1, 0.15) is 6.10 Å². The predicted molar refractivity (Wildman–Crippen MR) is 64.1 cm³/mol. The van der Waals surface area contributed by atoms with E-state index >= 15 is 0 Å². The molecule has 4 nitrogen and oxygen atoms in total. The first kappa shape index (κ1) is 11.5. The fraction of sp³-hybridized carbons (Fsp3) is 0.308. The molecule has 0 aromatic heterocycles. The van der Waals surface area contributed by atoms with Gasteiger partial charge in [0.2, 0.25) is 5.75 Å². The molecule has 1 aliphatic heterocycles. The van der Waals surface area contributed by atoms with Crippen LogP contribution in [-0.2, 0) is 0 Å². The number of carbonyl (C=O) groups is 1. The Hall–Kier alpha value is -1.97. The van der Waals surface area contributed by atoms with Crippen molar-refractivity contribution in [3.05, 3.63) is 23.3 Å². The number of hydrogen-bond acceptors (Lipinski definition) is 4. The van der Waals surface area contributed by atoms with E-state index in [0.717, 1.165) is 11.8 Å². The smallest absolute Gasteiger partial charge is 0.203 e. The van der Waals surface area contributed by atoms with Crippen LogP contribution in [0.2, 0.25) is 0 Å². The van der Waals surface area contributed by atoms with E-state index in [1.54, 1.807) is 13.2 Å². The third-order valence-corrected chi connectivity index (χ3v) is 2.66. The summed E-state index contributed by atoms with van der Waals surface area (Å²) in [6, 6.07) is 1.65. The third kappa shape index (κ3) is 1.86. The minimum absolute atomic E-state index is 0.0528. The topological polar surface area (TPSA) is 44.8 Å². The highest BCUT2D eigenvalue weighted by Crippen LogP contribution is 2.44. The number of aldehydes is 1. The first-order chi connectivity index (χ1) is 8.21. The molecular formula is C13H14O4. The minimum Gasteiger partial charge on any atom is -0.493 e. The number of methoxy groups -OCH3 is 2. The van der Waals surface area contributed by atoms with Gasteiger partial charge in [0.15, 0.2) is 17.8 Å². The second-order valence-corrected chi connectivity index (χ2v) is 3.74. The molecule has 2 rings (SSSR count). The Morgan fingerprint density at radius 1 is 1.35 bits per heavy atom. The molecule has 0 fully saturated rings. The van der Waals surface area contributed by atoms with Crippen molar-refractivity contribution in [2.24, 2.45) is 0 Å². The van der Waals surface area contributed by atoms with E-state index in [0.29, 0.717) is 22.8 Å². The molecule has 0 aliphatic carbocycles. The van der Waals surface area contributed by atoms with Crippen molar-refractivity contribution in [2.45, 2.75) is 13.0 Å². The van der Waals surface area contributed by atoms with Crippen LogP contribution in [0.4, 0.5) is 0 Å². The molecule has 1 heterocycles. The van der Waals surface area contributed by atoms with Crippen molar-refractivity contribution in [1.29, 1.82) is 0 Å². The van der Waals surface area contributed by atoms with Gasteiger partial charge in [-0.15, -0.1) is 0 Å². The lowest BCUT2D eigenvalue weighted by Crippen LogP contribution is -2.14. The molecule has 0 N–H and O–H groups in total. The average Bonchev–Trinajstić information content (AvgIpc) is 2.36. The highest BCUT2D eigenvalue weighted by Gasteiger charge is 2.23. The number of benzene rings is 1. The zero-order chi connectivity index (χ0) is 12.4. The molecule has 17 heavy (non-hydrogen) atoms. The van der Waals surface area contributed by atoms with Crippen LogP contribution in [0.25, 0.3) is 6.08 Å². The summed E-state index contributed by atoms with van der Waals surface area (Å²) in [6.07, 6.45) is 4.49. The lowest BCUT2D eigenvalue weighted by molar-refractivity contribution is 0.112. The quantitative estimate of drug-likeness (QED) is 0.753. The number of hydrogen-bond donors (Lipinski definition) is 0. The third-order valence-electron chi connectivity index (χ3n) is 2.66. The molecule has 0 spiro atoms. The van der Waals surface area contributed by atoms with Gasteiger partial charge in [-0.1, -0.05) is 6.08 Å². The van der Waals surface area contributed by atoms with Crippen molar-refractivity contribution < 1.29 is 19.0 Å². The Balaban J connectivity index is 2.69. The summed E-state index contributed by atoms with van der Waals surface area (Å²) in [7, 11) is 3.08. The van der Waals surface area contributed by atoms with Crippen LogP contribution < -0.4 is 14.2 Å². The Morgan fingerprint density at radius 2 is 2.12 bits per heavy atom. The summed E-state index contributed by atoms with van der Waals surface area (Å²) in [5.74, 6) is 1.57. The van der Waals surface area contributed by atoms with Crippen LogP contribution in [-0.4, -0.2) is 26.6 Å². The fourth-order valence-corrected chi connectivity index (χ4v) is 1.84. The second kappa shape index (κ2) is 4.49. The Bertz CT molecular complexity index is 477. The highest BCUT2D eigenvalue weighted by molar-refractivity contribution is 5.87. The summed E-state index contributed by atoms with van der Waals surface area (Å²) >= 11 is 0. The van der Waals surface area contributed by atoms with Crippen molar-refractivity contribution in [1.82, 2.24) is 0 Å². The van der Waals surface area contributed by atoms with Gasteiger partial charge in [0.05, 0.1) is 14.2 Å². The molecule has 1 atom stereocenters. The number of ether oxygens (including phenoxy) is 3.